The molecule has 1 aliphatic rings. The Kier molecular flexibility index (Phi) is 5.12. The van der Waals surface area contributed by atoms with Gasteiger partial charge in [0.15, 0.2) is 0 Å². The molecule has 1 rings (SSSR count). The van der Waals surface area contributed by atoms with Crippen LogP contribution in [0.1, 0.15) is 54.9 Å². The minimum atomic E-state index is -3.32. The van der Waals surface area contributed by atoms with Crippen LogP contribution in [0.3, 0.4) is 0 Å². The molecule has 0 aromatic heterocycles. The molecule has 1 unspecified atom stereocenters. The van der Waals surface area contributed by atoms with Crippen LogP contribution in [-0.2, 0) is 11.4 Å². The maximum absolute atomic E-state index is 14.4. The van der Waals surface area contributed by atoms with Gasteiger partial charge < -0.3 is 9.66 Å². The van der Waals surface area contributed by atoms with Crippen LogP contribution in [-0.4, -0.2) is 32.5 Å². The molecule has 1 saturated carbocycles. The molecule has 0 radical (unpaired) electrons. The molecule has 1 aliphatic carbocycles. The standard InChI is InChI=1S/C15H29F2NO2S/c1-12(2,3)10-8-11(10)14(7,15(16,17)9-19)18-21(20)13(4,5)6/h10-11,18-19H,8-9H2,1-7H3/t10-,11-,14-,21?/m1/s1. The largest absolute Gasteiger partial charge is 0.598 e. The Balaban J connectivity index is 3.05. The maximum Gasteiger partial charge on any atom is 0.292 e. The molecule has 21 heavy (non-hydrogen) atoms. The van der Waals surface area contributed by atoms with Crippen molar-refractivity contribution in [1.82, 2.24) is 4.72 Å². The van der Waals surface area contributed by atoms with Gasteiger partial charge in [-0.15, -0.1) is 4.72 Å². The molecule has 0 spiro atoms. The van der Waals surface area contributed by atoms with Crippen molar-refractivity contribution in [2.24, 2.45) is 17.3 Å². The highest BCUT2D eigenvalue weighted by atomic mass is 32.2. The molecule has 4 atom stereocenters. The summed E-state index contributed by atoms with van der Waals surface area (Å²) in [6.07, 6.45) is 0.657. The lowest BCUT2D eigenvalue weighted by atomic mass is 9.81. The number of halogens is 2. The van der Waals surface area contributed by atoms with Gasteiger partial charge in [-0.2, -0.15) is 0 Å². The van der Waals surface area contributed by atoms with E-state index in [1.807, 2.05) is 20.8 Å². The second kappa shape index (κ2) is 5.62. The number of aliphatic hydroxyl groups is 1. The first-order valence-corrected chi connectivity index (χ1v) is 8.50. The number of aliphatic hydroxyl groups excluding tert-OH is 1. The summed E-state index contributed by atoms with van der Waals surface area (Å²) in [6, 6.07) is 0. The minimum Gasteiger partial charge on any atom is -0.598 e. The van der Waals surface area contributed by atoms with Crippen LogP contribution in [0.2, 0.25) is 0 Å². The van der Waals surface area contributed by atoms with E-state index in [1.165, 1.54) is 6.92 Å². The van der Waals surface area contributed by atoms with Crippen LogP contribution < -0.4 is 4.72 Å². The Bertz CT molecular complexity index is 379. The molecule has 1 fully saturated rings. The monoisotopic (exact) mass is 325 g/mol. The lowest BCUT2D eigenvalue weighted by molar-refractivity contribution is -0.121. The van der Waals surface area contributed by atoms with Crippen LogP contribution >= 0.6 is 0 Å². The quantitative estimate of drug-likeness (QED) is 0.764. The van der Waals surface area contributed by atoms with E-state index in [2.05, 4.69) is 4.72 Å². The average Bonchev–Trinajstić information content (AvgIpc) is 3.06. The van der Waals surface area contributed by atoms with Gasteiger partial charge in [0, 0.05) is 11.4 Å². The normalized spacial score (nSPS) is 28.1. The number of hydrogen-bond acceptors (Lipinski definition) is 3. The topological polar surface area (TPSA) is 55.3 Å². The van der Waals surface area contributed by atoms with Gasteiger partial charge in [0.1, 0.15) is 16.9 Å². The van der Waals surface area contributed by atoms with E-state index < -0.39 is 34.2 Å². The Morgan fingerprint density at radius 3 is 1.86 bits per heavy atom. The summed E-state index contributed by atoms with van der Waals surface area (Å²) in [5, 5.41) is 9.12. The Labute approximate surface area is 130 Å². The zero-order chi connectivity index (χ0) is 16.9. The summed E-state index contributed by atoms with van der Waals surface area (Å²) in [7, 11) is 0. The maximum atomic E-state index is 14.4. The van der Waals surface area contributed by atoms with Crippen molar-refractivity contribution in [2.45, 2.75) is 71.1 Å². The summed E-state index contributed by atoms with van der Waals surface area (Å²) >= 11 is -1.62. The lowest BCUT2D eigenvalue weighted by Crippen LogP contribution is -2.64. The van der Waals surface area contributed by atoms with Crippen LogP contribution in [0, 0.1) is 17.3 Å². The first-order valence-electron chi connectivity index (χ1n) is 7.35. The second-order valence-corrected chi connectivity index (χ2v) is 10.3. The van der Waals surface area contributed by atoms with E-state index in [9.17, 15) is 13.3 Å². The zero-order valence-electron chi connectivity index (χ0n) is 14.1. The van der Waals surface area contributed by atoms with Gasteiger partial charge in [0.2, 0.25) is 0 Å². The summed E-state index contributed by atoms with van der Waals surface area (Å²) in [5.41, 5.74) is -1.75. The minimum absolute atomic E-state index is 0.0810. The van der Waals surface area contributed by atoms with E-state index in [1.54, 1.807) is 20.8 Å². The first kappa shape index (κ1) is 19.1. The molecule has 0 aliphatic heterocycles. The van der Waals surface area contributed by atoms with Gasteiger partial charge in [0.25, 0.3) is 5.92 Å². The SMILES string of the molecule is CC(C)(C)[C@@H]1C[C@H]1[C@@](C)(N[S+]([O-])C(C)(C)C)C(F)(F)CO. The third-order valence-electron chi connectivity index (χ3n) is 4.46. The van der Waals surface area contributed by atoms with Gasteiger partial charge in [0.05, 0.1) is 0 Å². The zero-order valence-corrected chi connectivity index (χ0v) is 14.9. The van der Waals surface area contributed by atoms with Gasteiger partial charge in [-0.05, 0) is 51.4 Å². The molecule has 0 saturated heterocycles. The highest BCUT2D eigenvalue weighted by molar-refractivity contribution is 7.90. The number of hydrogen-bond donors (Lipinski definition) is 2. The van der Waals surface area contributed by atoms with Gasteiger partial charge in [-0.1, -0.05) is 20.8 Å². The first-order chi connectivity index (χ1) is 9.17. The molecule has 0 aromatic carbocycles. The predicted molar refractivity (Wildman–Crippen MR) is 82.5 cm³/mol. The number of alkyl halides is 2. The van der Waals surface area contributed by atoms with E-state index in [4.69, 9.17) is 5.11 Å². The molecule has 0 amide bonds. The smallest absolute Gasteiger partial charge is 0.292 e. The molecule has 2 N–H and O–H groups in total. The highest BCUT2D eigenvalue weighted by Gasteiger charge is 2.66. The summed E-state index contributed by atoms with van der Waals surface area (Å²) < 4.78 is 43.0. The van der Waals surface area contributed by atoms with Crippen molar-refractivity contribution >= 4 is 11.4 Å². The average molecular weight is 325 g/mol. The van der Waals surface area contributed by atoms with Crippen LogP contribution in [0.25, 0.3) is 0 Å². The molecule has 0 aromatic rings. The van der Waals surface area contributed by atoms with Crippen molar-refractivity contribution in [3.63, 3.8) is 0 Å². The van der Waals surface area contributed by atoms with Crippen LogP contribution in [0.5, 0.6) is 0 Å². The third kappa shape index (κ3) is 3.89. The molecule has 0 heterocycles. The fraction of sp³-hybridized carbons (Fsp3) is 1.00. The summed E-state index contributed by atoms with van der Waals surface area (Å²) in [5.74, 6) is -3.49. The van der Waals surface area contributed by atoms with Gasteiger partial charge >= 0.3 is 0 Å². The van der Waals surface area contributed by atoms with Crippen molar-refractivity contribution in [3.8, 4) is 0 Å². The van der Waals surface area contributed by atoms with Crippen molar-refractivity contribution in [3.05, 3.63) is 0 Å². The molecule has 3 nitrogen and oxygen atoms in total. The van der Waals surface area contributed by atoms with E-state index in [0.717, 1.165) is 0 Å². The predicted octanol–water partition coefficient (Wildman–Crippen LogP) is 3.11. The second-order valence-electron chi connectivity index (χ2n) is 8.36. The molecule has 0 bridgehead atoms. The Morgan fingerprint density at radius 1 is 1.10 bits per heavy atom. The Hall–Kier alpha value is 0.0900. The summed E-state index contributed by atoms with van der Waals surface area (Å²) in [4.78, 5) is 0. The molecular weight excluding hydrogens is 296 g/mol. The van der Waals surface area contributed by atoms with Gasteiger partial charge in [-0.3, -0.25) is 0 Å². The van der Waals surface area contributed by atoms with Crippen LogP contribution in [0.4, 0.5) is 8.78 Å². The summed E-state index contributed by atoms with van der Waals surface area (Å²) in [6.45, 7) is 11.4. The fourth-order valence-corrected chi connectivity index (χ4v) is 3.71. The lowest BCUT2D eigenvalue weighted by Gasteiger charge is -2.40. The van der Waals surface area contributed by atoms with Crippen molar-refractivity contribution in [2.75, 3.05) is 6.61 Å². The molecule has 6 heteroatoms. The Morgan fingerprint density at radius 2 is 1.57 bits per heavy atom. The van der Waals surface area contributed by atoms with E-state index in [0.29, 0.717) is 6.42 Å². The van der Waals surface area contributed by atoms with Crippen molar-refractivity contribution in [1.29, 1.82) is 0 Å². The van der Waals surface area contributed by atoms with Gasteiger partial charge in [-0.25, -0.2) is 8.78 Å². The molecular formula is C15H29F2NO2S. The number of rotatable bonds is 5. The molecule has 126 valence electrons. The highest BCUT2D eigenvalue weighted by Crippen LogP contribution is 2.59. The number of nitrogens with one attached hydrogen (secondary N) is 1. The van der Waals surface area contributed by atoms with E-state index in [-0.39, 0.29) is 17.3 Å². The van der Waals surface area contributed by atoms with Crippen LogP contribution in [0.15, 0.2) is 0 Å². The van der Waals surface area contributed by atoms with E-state index >= 15 is 0 Å². The fourth-order valence-electron chi connectivity index (χ4n) is 2.72. The third-order valence-corrected chi connectivity index (χ3v) is 6.19. The van der Waals surface area contributed by atoms with Crippen molar-refractivity contribution < 1.29 is 18.4 Å².